The number of phosphoric ester groups is 1. The summed E-state index contributed by atoms with van der Waals surface area (Å²) in [5, 5.41) is 8.07. The van der Waals surface area contributed by atoms with E-state index in [0.29, 0.717) is 6.08 Å². The molecule has 0 aliphatic heterocycles. The Morgan fingerprint density at radius 2 is 2.00 bits per heavy atom. The highest BCUT2D eigenvalue weighted by atomic mass is 31.2. The Bertz CT molecular complexity index is 225. The van der Waals surface area contributed by atoms with Gasteiger partial charge in [0, 0.05) is 0 Å². The van der Waals surface area contributed by atoms with Crippen LogP contribution >= 0.6 is 7.82 Å². The molecule has 0 bridgehead atoms. The quantitative estimate of drug-likeness (QED) is 0.324. The maximum Gasteiger partial charge on any atom is 0.524 e. The van der Waals surface area contributed by atoms with Crippen LogP contribution in [0.2, 0.25) is 0 Å². The number of carbonyl (C=O) groups is 1. The highest BCUT2D eigenvalue weighted by molar-refractivity contribution is 7.46. The summed E-state index contributed by atoms with van der Waals surface area (Å²) in [5.41, 5.74) is 0. The molecule has 0 aromatic carbocycles. The topological polar surface area (TPSA) is 104 Å². The van der Waals surface area contributed by atoms with E-state index in [2.05, 4.69) is 4.52 Å². The van der Waals surface area contributed by atoms with E-state index in [9.17, 15) is 9.36 Å². The first-order chi connectivity index (χ1) is 4.81. The van der Waals surface area contributed by atoms with E-state index in [4.69, 9.17) is 14.9 Å². The Labute approximate surface area is 62.4 Å². The molecule has 11 heavy (non-hydrogen) atoms. The summed E-state index contributed by atoms with van der Waals surface area (Å²) >= 11 is 0. The van der Waals surface area contributed by atoms with Gasteiger partial charge in [0.25, 0.3) is 0 Å². The van der Waals surface area contributed by atoms with Gasteiger partial charge in [-0.2, -0.15) is 0 Å². The maximum absolute atomic E-state index is 10.1. The zero-order valence-corrected chi connectivity index (χ0v) is 6.49. The summed E-state index contributed by atoms with van der Waals surface area (Å²) < 4.78 is 14.0. The van der Waals surface area contributed by atoms with Gasteiger partial charge in [-0.15, -0.1) is 0 Å². The minimum atomic E-state index is -4.61. The molecule has 0 atom stereocenters. The van der Waals surface area contributed by atoms with Gasteiger partial charge >= 0.3 is 13.8 Å². The third kappa shape index (κ3) is 7.05. The molecule has 6 nitrogen and oxygen atoms in total. The molecule has 3 N–H and O–H groups in total. The molecule has 0 fully saturated rings. The van der Waals surface area contributed by atoms with Crippen LogP contribution in [0.3, 0.4) is 0 Å². The molecule has 0 spiro atoms. The van der Waals surface area contributed by atoms with E-state index in [-0.39, 0.29) is 5.76 Å². The van der Waals surface area contributed by atoms with Crippen LogP contribution < -0.4 is 0 Å². The van der Waals surface area contributed by atoms with Gasteiger partial charge in [0.15, 0.2) is 0 Å². The van der Waals surface area contributed by atoms with Crippen molar-refractivity contribution in [1.82, 2.24) is 0 Å². The lowest BCUT2D eigenvalue weighted by Crippen LogP contribution is -1.92. The predicted octanol–water partition coefficient (Wildman–Crippen LogP) is 0.0841. The summed E-state index contributed by atoms with van der Waals surface area (Å²) in [7, 11) is -4.61. The van der Waals surface area contributed by atoms with Gasteiger partial charge in [-0.05, 0) is 6.92 Å². The van der Waals surface area contributed by atoms with Gasteiger partial charge < -0.3 is 9.63 Å². The van der Waals surface area contributed by atoms with Crippen LogP contribution in [-0.4, -0.2) is 20.9 Å². The van der Waals surface area contributed by atoms with Crippen molar-refractivity contribution >= 4 is 13.8 Å². The molecule has 0 aromatic heterocycles. The summed E-state index contributed by atoms with van der Waals surface area (Å²) in [6.45, 7) is 1.13. The molecular formula is C4H7O6P. The Balaban J connectivity index is 4.19. The Kier molecular flexibility index (Phi) is 3.25. The third-order valence-corrected chi connectivity index (χ3v) is 1.12. The smallest absolute Gasteiger partial charge is 0.478 e. The SMILES string of the molecule is C/C(=C/C(=O)O)OP(=O)(O)O. The molecule has 0 aliphatic carbocycles. The number of carboxylic acid groups (broad SMARTS) is 1. The number of allylic oxidation sites excluding steroid dienone is 1. The lowest BCUT2D eigenvalue weighted by Gasteiger charge is -2.04. The molecule has 0 heterocycles. The van der Waals surface area contributed by atoms with Gasteiger partial charge in [-0.3, -0.25) is 9.79 Å². The number of phosphoric acid groups is 1. The Morgan fingerprint density at radius 1 is 1.55 bits per heavy atom. The van der Waals surface area contributed by atoms with Crippen molar-refractivity contribution in [3.8, 4) is 0 Å². The van der Waals surface area contributed by atoms with Gasteiger partial charge in [-0.1, -0.05) is 0 Å². The maximum atomic E-state index is 10.1. The zero-order valence-electron chi connectivity index (χ0n) is 5.59. The van der Waals surface area contributed by atoms with Crippen LogP contribution in [0, 0.1) is 0 Å². The van der Waals surface area contributed by atoms with Crippen LogP contribution in [0.4, 0.5) is 0 Å². The molecule has 0 amide bonds. The number of carboxylic acids is 1. The van der Waals surface area contributed by atoms with E-state index >= 15 is 0 Å². The molecule has 7 heteroatoms. The fourth-order valence-corrected chi connectivity index (χ4v) is 0.816. The number of hydrogen-bond donors (Lipinski definition) is 3. The van der Waals surface area contributed by atoms with Crippen LogP contribution in [-0.2, 0) is 13.9 Å². The molecule has 0 rings (SSSR count). The second-order valence-electron chi connectivity index (χ2n) is 1.68. The summed E-state index contributed by atoms with van der Waals surface area (Å²) in [6, 6.07) is 0. The van der Waals surface area contributed by atoms with Crippen molar-refractivity contribution in [1.29, 1.82) is 0 Å². The molecule has 0 aromatic rings. The monoisotopic (exact) mass is 182 g/mol. The van der Waals surface area contributed by atoms with E-state index in [1.807, 2.05) is 0 Å². The van der Waals surface area contributed by atoms with Crippen molar-refractivity contribution in [2.75, 3.05) is 0 Å². The van der Waals surface area contributed by atoms with Gasteiger partial charge in [0.1, 0.15) is 5.76 Å². The normalized spacial score (nSPS) is 12.8. The standard InChI is InChI=1S/C4H7O6P/c1-3(2-4(5)6)10-11(7,8)9/h2H,1H3,(H,5,6)(H2,7,8,9)/b3-2-. The predicted molar refractivity (Wildman–Crippen MR) is 34.5 cm³/mol. The average Bonchev–Trinajstić information content (AvgIpc) is 1.53. The fraction of sp³-hybridized carbons (Fsp3) is 0.250. The van der Waals surface area contributed by atoms with Crippen LogP contribution in [0.15, 0.2) is 11.8 Å². The highest BCUT2D eigenvalue weighted by Gasteiger charge is 2.15. The van der Waals surface area contributed by atoms with E-state index < -0.39 is 13.8 Å². The first-order valence-corrected chi connectivity index (χ1v) is 4.00. The van der Waals surface area contributed by atoms with E-state index in [0.717, 1.165) is 6.92 Å². The lowest BCUT2D eigenvalue weighted by molar-refractivity contribution is -0.131. The zero-order chi connectivity index (χ0) is 9.07. The fourth-order valence-electron chi connectivity index (χ4n) is 0.388. The number of hydrogen-bond acceptors (Lipinski definition) is 3. The van der Waals surface area contributed by atoms with Gasteiger partial charge in [0.2, 0.25) is 0 Å². The van der Waals surface area contributed by atoms with E-state index in [1.54, 1.807) is 0 Å². The largest absolute Gasteiger partial charge is 0.524 e. The minimum Gasteiger partial charge on any atom is -0.478 e. The first kappa shape index (κ1) is 10.2. The number of rotatable bonds is 3. The first-order valence-electron chi connectivity index (χ1n) is 2.47. The number of aliphatic carboxylic acids is 1. The highest BCUT2D eigenvalue weighted by Crippen LogP contribution is 2.38. The minimum absolute atomic E-state index is 0.342. The van der Waals surface area contributed by atoms with Gasteiger partial charge in [-0.25, -0.2) is 9.36 Å². The molecule has 0 unspecified atom stereocenters. The van der Waals surface area contributed by atoms with Crippen LogP contribution in [0.1, 0.15) is 6.92 Å². The molecule has 64 valence electrons. The Morgan fingerprint density at radius 3 is 2.27 bits per heavy atom. The molecule has 0 saturated heterocycles. The molecule has 0 saturated carbocycles. The second-order valence-corrected chi connectivity index (χ2v) is 2.84. The van der Waals surface area contributed by atoms with Crippen molar-refractivity contribution in [3.05, 3.63) is 11.8 Å². The average molecular weight is 182 g/mol. The van der Waals surface area contributed by atoms with Crippen molar-refractivity contribution in [2.45, 2.75) is 6.92 Å². The van der Waals surface area contributed by atoms with Crippen molar-refractivity contribution in [3.63, 3.8) is 0 Å². The van der Waals surface area contributed by atoms with Crippen molar-refractivity contribution < 1.29 is 28.8 Å². The summed E-state index contributed by atoms with van der Waals surface area (Å²) in [4.78, 5) is 26.2. The molecule has 0 radical (unpaired) electrons. The van der Waals surface area contributed by atoms with Crippen molar-refractivity contribution in [2.24, 2.45) is 0 Å². The van der Waals surface area contributed by atoms with E-state index in [1.165, 1.54) is 0 Å². The molecular weight excluding hydrogens is 175 g/mol. The third-order valence-electron chi connectivity index (χ3n) is 0.590. The summed E-state index contributed by atoms with van der Waals surface area (Å²) in [6.07, 6.45) is 0.555. The summed E-state index contributed by atoms with van der Waals surface area (Å²) in [5.74, 6) is -1.67. The van der Waals surface area contributed by atoms with Crippen LogP contribution in [0.5, 0.6) is 0 Å². The van der Waals surface area contributed by atoms with Crippen LogP contribution in [0.25, 0.3) is 0 Å². The second kappa shape index (κ2) is 3.52. The Hall–Kier alpha value is -0.840. The van der Waals surface area contributed by atoms with Gasteiger partial charge in [0.05, 0.1) is 6.08 Å². The lowest BCUT2D eigenvalue weighted by atomic mass is 10.5. The molecule has 0 aliphatic rings.